The molecular formula is C21H23NO4. The predicted molar refractivity (Wildman–Crippen MR) is 101 cm³/mol. The van der Waals surface area contributed by atoms with Crippen LogP contribution in [-0.4, -0.2) is 34.9 Å². The van der Waals surface area contributed by atoms with Gasteiger partial charge >= 0.3 is 0 Å². The van der Waals surface area contributed by atoms with Crippen molar-refractivity contribution in [3.8, 4) is 11.1 Å². The summed E-state index contributed by atoms with van der Waals surface area (Å²) in [5, 5.41) is 22.8. The number of benzene rings is 2. The molecule has 0 bridgehead atoms. The maximum absolute atomic E-state index is 12.3. The van der Waals surface area contributed by atoms with Gasteiger partial charge in [0.05, 0.1) is 11.9 Å². The zero-order chi connectivity index (χ0) is 18.6. The minimum Gasteiger partial charge on any atom is -0.464 e. The van der Waals surface area contributed by atoms with Crippen LogP contribution >= 0.6 is 0 Å². The van der Waals surface area contributed by atoms with Crippen molar-refractivity contribution in [2.45, 2.75) is 25.4 Å². The molecule has 0 aliphatic carbocycles. The number of furan rings is 1. The molecule has 26 heavy (non-hydrogen) atoms. The highest BCUT2D eigenvalue weighted by Crippen LogP contribution is 2.25. The lowest BCUT2D eigenvalue weighted by Gasteiger charge is -2.23. The molecule has 0 saturated carbocycles. The molecule has 136 valence electrons. The summed E-state index contributed by atoms with van der Waals surface area (Å²) >= 11 is 0. The molecule has 0 fully saturated rings. The normalized spacial score (nSPS) is 13.5. The van der Waals surface area contributed by atoms with E-state index in [1.165, 1.54) is 0 Å². The summed E-state index contributed by atoms with van der Waals surface area (Å²) in [6.45, 7) is 1.82. The van der Waals surface area contributed by atoms with Gasteiger partial charge < -0.3 is 19.9 Å². The number of aliphatic hydroxyl groups is 2. The maximum Gasteiger partial charge on any atom is 0.251 e. The van der Waals surface area contributed by atoms with Gasteiger partial charge in [0.1, 0.15) is 5.58 Å². The molecule has 0 aliphatic heterocycles. The second-order valence-electron chi connectivity index (χ2n) is 6.76. The van der Waals surface area contributed by atoms with Crippen molar-refractivity contribution < 1.29 is 19.4 Å². The number of nitrogens with one attached hydrogen (secondary N) is 1. The molecule has 1 amide bonds. The molecule has 5 nitrogen and oxygen atoms in total. The zero-order valence-electron chi connectivity index (χ0n) is 14.7. The second-order valence-corrected chi connectivity index (χ2v) is 6.76. The number of carbonyl (C=O) groups is 1. The summed E-state index contributed by atoms with van der Waals surface area (Å²) in [6, 6.07) is 15.2. The van der Waals surface area contributed by atoms with E-state index in [9.17, 15) is 9.90 Å². The number of aliphatic hydroxyl groups excluding tert-OH is 1. The van der Waals surface area contributed by atoms with Crippen molar-refractivity contribution in [3.05, 3.63) is 60.4 Å². The largest absolute Gasteiger partial charge is 0.464 e. The van der Waals surface area contributed by atoms with Crippen molar-refractivity contribution in [1.82, 2.24) is 5.32 Å². The van der Waals surface area contributed by atoms with Crippen LogP contribution in [-0.2, 0) is 0 Å². The van der Waals surface area contributed by atoms with Crippen LogP contribution in [0, 0.1) is 0 Å². The first kappa shape index (κ1) is 18.2. The van der Waals surface area contributed by atoms with E-state index in [0.29, 0.717) is 18.4 Å². The van der Waals surface area contributed by atoms with E-state index in [1.807, 2.05) is 36.4 Å². The van der Waals surface area contributed by atoms with Gasteiger partial charge in [0, 0.05) is 24.1 Å². The number of fused-ring (bicyclic) bond motifs is 1. The first-order valence-electron chi connectivity index (χ1n) is 8.68. The molecule has 0 unspecified atom stereocenters. The van der Waals surface area contributed by atoms with Crippen molar-refractivity contribution in [2.75, 3.05) is 13.2 Å². The summed E-state index contributed by atoms with van der Waals surface area (Å²) in [6.07, 6.45) is 2.59. The SMILES string of the molecule is C[C@](O)(CCCO)CNC(=O)c1ccc(-c2ccc3occc3c2)cc1. The summed E-state index contributed by atoms with van der Waals surface area (Å²) in [4.78, 5) is 12.3. The van der Waals surface area contributed by atoms with E-state index in [-0.39, 0.29) is 19.1 Å². The highest BCUT2D eigenvalue weighted by Gasteiger charge is 2.20. The molecule has 5 heteroatoms. The molecule has 0 radical (unpaired) electrons. The lowest BCUT2D eigenvalue weighted by molar-refractivity contribution is 0.0415. The Morgan fingerprint density at radius 1 is 1.12 bits per heavy atom. The van der Waals surface area contributed by atoms with Crippen LogP contribution in [0.1, 0.15) is 30.1 Å². The van der Waals surface area contributed by atoms with Gasteiger partial charge in [-0.1, -0.05) is 18.2 Å². The molecule has 3 N–H and O–H groups in total. The lowest BCUT2D eigenvalue weighted by atomic mass is 10.00. The topological polar surface area (TPSA) is 82.7 Å². The fraction of sp³-hybridized carbons (Fsp3) is 0.286. The Kier molecular flexibility index (Phi) is 5.40. The molecule has 0 saturated heterocycles. The van der Waals surface area contributed by atoms with Crippen LogP contribution in [0.5, 0.6) is 0 Å². The standard InChI is InChI=1S/C21H23NO4/c1-21(25,10-2-11-23)14-22-20(24)16-5-3-15(4-6-16)17-7-8-19-18(13-17)9-12-26-19/h3-9,12-13,23,25H,2,10-11,14H2,1H3,(H,22,24)/t21-/m0/s1. The number of rotatable bonds is 7. The smallest absolute Gasteiger partial charge is 0.251 e. The summed E-state index contributed by atoms with van der Waals surface area (Å²) in [7, 11) is 0. The van der Waals surface area contributed by atoms with E-state index < -0.39 is 5.60 Å². The Hall–Kier alpha value is -2.63. The Morgan fingerprint density at radius 3 is 2.58 bits per heavy atom. The number of amides is 1. The van der Waals surface area contributed by atoms with Gasteiger partial charge in [-0.3, -0.25) is 4.79 Å². The lowest BCUT2D eigenvalue weighted by Crippen LogP contribution is -2.40. The van der Waals surface area contributed by atoms with Crippen LogP contribution in [0.15, 0.2) is 59.2 Å². The van der Waals surface area contributed by atoms with Gasteiger partial charge in [0.25, 0.3) is 5.91 Å². The molecule has 1 atom stereocenters. The summed E-state index contributed by atoms with van der Waals surface area (Å²) < 4.78 is 5.35. The van der Waals surface area contributed by atoms with Gasteiger partial charge in [-0.05, 0) is 61.2 Å². The first-order valence-corrected chi connectivity index (χ1v) is 8.68. The van der Waals surface area contributed by atoms with Crippen LogP contribution in [0.25, 0.3) is 22.1 Å². The van der Waals surface area contributed by atoms with Gasteiger partial charge in [-0.15, -0.1) is 0 Å². The third kappa shape index (κ3) is 4.31. The average molecular weight is 353 g/mol. The van der Waals surface area contributed by atoms with Gasteiger partial charge in [-0.25, -0.2) is 0 Å². The Morgan fingerprint density at radius 2 is 1.85 bits per heavy atom. The first-order chi connectivity index (χ1) is 12.5. The fourth-order valence-electron chi connectivity index (χ4n) is 2.88. The molecule has 1 heterocycles. The second kappa shape index (κ2) is 7.72. The number of hydrogen-bond donors (Lipinski definition) is 3. The predicted octanol–water partition coefficient (Wildman–Crippen LogP) is 3.35. The van der Waals surface area contributed by atoms with Gasteiger partial charge in [0.2, 0.25) is 0 Å². The molecule has 1 aromatic heterocycles. The Labute approximate surface area is 152 Å². The van der Waals surface area contributed by atoms with Crippen LogP contribution in [0.2, 0.25) is 0 Å². The number of carbonyl (C=O) groups excluding carboxylic acids is 1. The third-order valence-corrected chi connectivity index (χ3v) is 4.44. The van der Waals surface area contributed by atoms with Gasteiger partial charge in [-0.2, -0.15) is 0 Å². The quantitative estimate of drug-likeness (QED) is 0.608. The van der Waals surface area contributed by atoms with Crippen LogP contribution < -0.4 is 5.32 Å². The Bertz CT molecular complexity index is 880. The zero-order valence-corrected chi connectivity index (χ0v) is 14.7. The third-order valence-electron chi connectivity index (χ3n) is 4.44. The molecular weight excluding hydrogens is 330 g/mol. The van der Waals surface area contributed by atoms with Gasteiger partial charge in [0.15, 0.2) is 0 Å². The van der Waals surface area contributed by atoms with E-state index >= 15 is 0 Å². The highest BCUT2D eigenvalue weighted by atomic mass is 16.3. The van der Waals surface area contributed by atoms with Crippen molar-refractivity contribution >= 4 is 16.9 Å². The monoisotopic (exact) mass is 353 g/mol. The van der Waals surface area contributed by atoms with Crippen molar-refractivity contribution in [1.29, 1.82) is 0 Å². The van der Waals surface area contributed by atoms with Crippen LogP contribution in [0.4, 0.5) is 0 Å². The molecule has 3 aromatic rings. The summed E-state index contributed by atoms with van der Waals surface area (Å²) in [5.74, 6) is -0.230. The highest BCUT2D eigenvalue weighted by molar-refractivity contribution is 5.95. The molecule has 3 rings (SSSR count). The van der Waals surface area contributed by atoms with E-state index in [1.54, 1.807) is 25.3 Å². The van der Waals surface area contributed by atoms with E-state index in [4.69, 9.17) is 9.52 Å². The minimum atomic E-state index is -1.03. The maximum atomic E-state index is 12.3. The Balaban J connectivity index is 1.66. The van der Waals surface area contributed by atoms with Crippen molar-refractivity contribution in [3.63, 3.8) is 0 Å². The van der Waals surface area contributed by atoms with E-state index in [0.717, 1.165) is 22.1 Å². The fourth-order valence-corrected chi connectivity index (χ4v) is 2.88. The molecule has 0 spiro atoms. The number of hydrogen-bond acceptors (Lipinski definition) is 4. The van der Waals surface area contributed by atoms with Crippen LogP contribution in [0.3, 0.4) is 0 Å². The van der Waals surface area contributed by atoms with E-state index in [2.05, 4.69) is 5.32 Å². The minimum absolute atomic E-state index is 0.0240. The average Bonchev–Trinajstić information content (AvgIpc) is 3.12. The molecule has 2 aromatic carbocycles. The summed E-state index contributed by atoms with van der Waals surface area (Å²) in [5.41, 5.74) is 2.42. The molecule has 0 aliphatic rings. The van der Waals surface area contributed by atoms with Crippen molar-refractivity contribution in [2.24, 2.45) is 0 Å².